The molecule has 0 aliphatic rings. The number of nitrogens with zero attached hydrogens (tertiary/aromatic N) is 2. The topological polar surface area (TPSA) is 44.2 Å². The van der Waals surface area contributed by atoms with Crippen LogP contribution in [-0.2, 0) is 11.3 Å². The zero-order valence-corrected chi connectivity index (χ0v) is 11.1. The zero-order chi connectivity index (χ0) is 14.3. The molecule has 0 atom stereocenters. The van der Waals surface area contributed by atoms with Crippen molar-refractivity contribution < 1.29 is 22.6 Å². The molecule has 1 heterocycles. The summed E-state index contributed by atoms with van der Waals surface area (Å²) in [6.07, 6.45) is -5.20. The molecule has 0 aliphatic heterocycles. The van der Waals surface area contributed by atoms with E-state index in [1.54, 1.807) is 0 Å². The lowest BCUT2D eigenvalue weighted by atomic mass is 10.3. The van der Waals surface area contributed by atoms with Crippen molar-refractivity contribution in [2.24, 2.45) is 0 Å². The summed E-state index contributed by atoms with van der Waals surface area (Å²) in [5.41, 5.74) is 0. The van der Waals surface area contributed by atoms with Gasteiger partial charge < -0.3 is 9.47 Å². The fourth-order valence-corrected chi connectivity index (χ4v) is 1.41. The molecule has 0 radical (unpaired) electrons. The molecular formula is C11H14ClF3N2O2. The average Bonchev–Trinajstić information content (AvgIpc) is 2.30. The Morgan fingerprint density at radius 3 is 2.68 bits per heavy atom. The molecule has 0 aliphatic carbocycles. The summed E-state index contributed by atoms with van der Waals surface area (Å²) in [7, 11) is 0. The van der Waals surface area contributed by atoms with Crippen molar-refractivity contribution in [3.63, 3.8) is 0 Å². The Morgan fingerprint density at radius 2 is 2.05 bits per heavy atom. The van der Waals surface area contributed by atoms with Crippen LogP contribution in [0.2, 0.25) is 5.15 Å². The summed E-state index contributed by atoms with van der Waals surface area (Å²) in [6.45, 7) is 2.41. The molecule has 0 saturated heterocycles. The largest absolute Gasteiger partial charge is 0.478 e. The molecule has 0 N–H and O–H groups in total. The molecule has 0 unspecified atom stereocenters. The molecule has 0 amide bonds. The van der Waals surface area contributed by atoms with Crippen LogP contribution in [0, 0.1) is 0 Å². The average molecular weight is 299 g/mol. The van der Waals surface area contributed by atoms with Gasteiger partial charge in [-0.05, 0) is 13.3 Å². The first-order chi connectivity index (χ1) is 8.90. The van der Waals surface area contributed by atoms with Gasteiger partial charge in [-0.15, -0.1) is 0 Å². The maximum atomic E-state index is 11.9. The summed E-state index contributed by atoms with van der Waals surface area (Å²) < 4.78 is 46.0. The van der Waals surface area contributed by atoms with Gasteiger partial charge in [-0.3, -0.25) is 0 Å². The third kappa shape index (κ3) is 7.17. The van der Waals surface area contributed by atoms with Gasteiger partial charge in [-0.2, -0.15) is 18.2 Å². The molecule has 0 spiro atoms. The van der Waals surface area contributed by atoms with Crippen molar-refractivity contribution in [1.29, 1.82) is 0 Å². The molecule has 1 rings (SSSR count). The Kier molecular flexibility index (Phi) is 6.30. The number of halogens is 4. The van der Waals surface area contributed by atoms with E-state index < -0.39 is 12.6 Å². The minimum absolute atomic E-state index is 0.0824. The van der Waals surface area contributed by atoms with Gasteiger partial charge in [-0.25, -0.2) is 4.98 Å². The molecule has 0 bridgehead atoms. The number of hydrogen-bond donors (Lipinski definition) is 0. The molecule has 4 nitrogen and oxygen atoms in total. The van der Waals surface area contributed by atoms with Crippen LogP contribution in [0.25, 0.3) is 0 Å². The van der Waals surface area contributed by atoms with Crippen LogP contribution in [0.5, 0.6) is 5.88 Å². The maximum Gasteiger partial charge on any atom is 0.389 e. The quantitative estimate of drug-likeness (QED) is 0.572. The maximum absolute atomic E-state index is 11.9. The number of hydrogen-bond acceptors (Lipinski definition) is 4. The van der Waals surface area contributed by atoms with E-state index in [1.807, 2.05) is 6.92 Å². The fourth-order valence-electron chi connectivity index (χ4n) is 1.22. The van der Waals surface area contributed by atoms with Crippen LogP contribution in [0.15, 0.2) is 6.07 Å². The van der Waals surface area contributed by atoms with Crippen LogP contribution < -0.4 is 4.74 Å². The van der Waals surface area contributed by atoms with Crippen molar-refractivity contribution in [3.8, 4) is 5.88 Å². The number of aromatic nitrogens is 2. The van der Waals surface area contributed by atoms with Crippen molar-refractivity contribution in [3.05, 3.63) is 17.0 Å². The van der Waals surface area contributed by atoms with Crippen molar-refractivity contribution in [1.82, 2.24) is 9.97 Å². The lowest BCUT2D eigenvalue weighted by Crippen LogP contribution is -2.10. The summed E-state index contributed by atoms with van der Waals surface area (Å²) in [4.78, 5) is 7.89. The van der Waals surface area contributed by atoms with Gasteiger partial charge in [0.15, 0.2) is 5.82 Å². The fraction of sp³-hybridized carbons (Fsp3) is 0.636. The van der Waals surface area contributed by atoms with E-state index in [1.165, 1.54) is 6.07 Å². The van der Waals surface area contributed by atoms with Crippen molar-refractivity contribution in [2.75, 3.05) is 13.2 Å². The monoisotopic (exact) mass is 298 g/mol. The molecule has 19 heavy (non-hydrogen) atoms. The van der Waals surface area contributed by atoms with Crippen molar-refractivity contribution in [2.45, 2.75) is 32.5 Å². The molecule has 1 aromatic heterocycles. The van der Waals surface area contributed by atoms with Gasteiger partial charge in [0.25, 0.3) is 0 Å². The predicted molar refractivity (Wildman–Crippen MR) is 63.2 cm³/mol. The lowest BCUT2D eigenvalue weighted by Gasteiger charge is -2.09. The Hall–Kier alpha value is -1.08. The van der Waals surface area contributed by atoms with Crippen LogP contribution in [0.4, 0.5) is 13.2 Å². The van der Waals surface area contributed by atoms with E-state index in [2.05, 4.69) is 9.97 Å². The summed E-state index contributed by atoms with van der Waals surface area (Å²) in [6, 6.07) is 1.35. The predicted octanol–water partition coefficient (Wildman–Crippen LogP) is 3.39. The lowest BCUT2D eigenvalue weighted by molar-refractivity contribution is -0.136. The van der Waals surface area contributed by atoms with Gasteiger partial charge in [0.1, 0.15) is 11.8 Å². The van der Waals surface area contributed by atoms with E-state index >= 15 is 0 Å². The van der Waals surface area contributed by atoms with E-state index in [0.717, 1.165) is 0 Å². The normalized spacial score (nSPS) is 11.6. The molecule has 0 aromatic carbocycles. The van der Waals surface area contributed by atoms with Crippen LogP contribution in [0.3, 0.4) is 0 Å². The smallest absolute Gasteiger partial charge is 0.389 e. The molecular weight excluding hydrogens is 285 g/mol. The first-order valence-corrected chi connectivity index (χ1v) is 6.09. The SMILES string of the molecule is CCOCc1nc(Cl)cc(OCCCC(F)(F)F)n1. The number of rotatable bonds is 7. The minimum Gasteiger partial charge on any atom is -0.478 e. The Morgan fingerprint density at radius 1 is 1.32 bits per heavy atom. The van der Waals surface area contributed by atoms with Gasteiger partial charge >= 0.3 is 6.18 Å². The summed E-state index contributed by atoms with van der Waals surface area (Å²) in [5, 5.41) is 0.163. The van der Waals surface area contributed by atoms with E-state index in [9.17, 15) is 13.2 Å². The highest BCUT2D eigenvalue weighted by Crippen LogP contribution is 2.21. The third-order valence-corrected chi connectivity index (χ3v) is 2.20. The summed E-state index contributed by atoms with van der Waals surface area (Å²) in [5.74, 6) is 0.483. The van der Waals surface area contributed by atoms with E-state index in [0.29, 0.717) is 12.4 Å². The van der Waals surface area contributed by atoms with Gasteiger partial charge in [-0.1, -0.05) is 11.6 Å². The van der Waals surface area contributed by atoms with Crippen LogP contribution in [0.1, 0.15) is 25.6 Å². The highest BCUT2D eigenvalue weighted by molar-refractivity contribution is 6.29. The minimum atomic E-state index is -4.17. The highest BCUT2D eigenvalue weighted by atomic mass is 35.5. The first-order valence-electron chi connectivity index (χ1n) is 5.71. The number of ether oxygens (including phenoxy) is 2. The van der Waals surface area contributed by atoms with Gasteiger partial charge in [0.2, 0.25) is 5.88 Å². The third-order valence-electron chi connectivity index (χ3n) is 2.01. The first kappa shape index (κ1) is 16.0. The molecule has 108 valence electrons. The molecule has 0 saturated carbocycles. The Balaban J connectivity index is 2.46. The molecule has 0 fully saturated rings. The second kappa shape index (κ2) is 7.49. The van der Waals surface area contributed by atoms with Gasteiger partial charge in [0.05, 0.1) is 6.61 Å². The highest BCUT2D eigenvalue weighted by Gasteiger charge is 2.26. The van der Waals surface area contributed by atoms with E-state index in [-0.39, 0.29) is 30.7 Å². The van der Waals surface area contributed by atoms with Crippen molar-refractivity contribution >= 4 is 11.6 Å². The van der Waals surface area contributed by atoms with Crippen LogP contribution >= 0.6 is 11.6 Å². The standard InChI is InChI=1S/C11H14ClF3N2O2/c1-2-18-7-9-16-8(12)6-10(17-9)19-5-3-4-11(13,14)15/h6H,2-5,7H2,1H3. The van der Waals surface area contributed by atoms with Gasteiger partial charge in [0, 0.05) is 19.1 Å². The second-order valence-corrected chi connectivity index (χ2v) is 4.04. The molecule has 1 aromatic rings. The Labute approximate surface area is 113 Å². The second-order valence-electron chi connectivity index (χ2n) is 3.65. The Bertz CT molecular complexity index is 402. The van der Waals surface area contributed by atoms with E-state index in [4.69, 9.17) is 21.1 Å². The van der Waals surface area contributed by atoms with Crippen LogP contribution in [-0.4, -0.2) is 29.4 Å². The summed E-state index contributed by atoms with van der Waals surface area (Å²) >= 11 is 5.75. The zero-order valence-electron chi connectivity index (χ0n) is 10.3. The number of alkyl halides is 3. The molecule has 8 heteroatoms.